The van der Waals surface area contributed by atoms with Gasteiger partial charge >= 0.3 is 0 Å². The number of amides is 1. The third kappa shape index (κ3) is 5.55. The molecule has 1 N–H and O–H groups in total. The first kappa shape index (κ1) is 20.3. The number of anilines is 1. The minimum absolute atomic E-state index is 0.0243. The van der Waals surface area contributed by atoms with Crippen LogP contribution in [0, 0.1) is 0 Å². The number of ether oxygens (including phenoxy) is 1. The van der Waals surface area contributed by atoms with Gasteiger partial charge in [0.15, 0.2) is 17.5 Å². The predicted octanol–water partition coefficient (Wildman–Crippen LogP) is 5.26. The maximum absolute atomic E-state index is 12.1. The Morgan fingerprint density at radius 2 is 1.89 bits per heavy atom. The maximum Gasteiger partial charge on any atom is 0.264 e. The normalized spacial score (nSPS) is 10.5. The Bertz CT molecular complexity index is 1000. The van der Waals surface area contributed by atoms with E-state index >= 15 is 0 Å². The molecule has 2 aromatic carbocycles. The molecule has 3 aromatic rings. The summed E-state index contributed by atoms with van der Waals surface area (Å²) in [7, 11) is 0. The number of nitrogens with zero attached hydrogens (tertiary/aromatic N) is 1. The van der Waals surface area contributed by atoms with Crippen LogP contribution in [-0.2, 0) is 11.2 Å². The highest BCUT2D eigenvalue weighted by atomic mass is 35.5. The average Bonchev–Trinajstić information content (AvgIpc) is 3.09. The van der Waals surface area contributed by atoms with E-state index in [0.717, 1.165) is 10.4 Å². The van der Waals surface area contributed by atoms with Crippen LogP contribution in [0.2, 0.25) is 10.0 Å². The van der Waals surface area contributed by atoms with Gasteiger partial charge < -0.3 is 4.74 Å². The zero-order valence-electron chi connectivity index (χ0n) is 14.9. The number of rotatable bonds is 7. The van der Waals surface area contributed by atoms with E-state index in [1.165, 1.54) is 18.3 Å². The highest BCUT2D eigenvalue weighted by Gasteiger charge is 2.10. The fourth-order valence-corrected chi connectivity index (χ4v) is 3.72. The number of nitrogens with one attached hydrogen (secondary N) is 1. The van der Waals surface area contributed by atoms with Gasteiger partial charge in [-0.25, -0.2) is 4.98 Å². The van der Waals surface area contributed by atoms with E-state index in [4.69, 9.17) is 27.9 Å². The molecule has 0 saturated carbocycles. The van der Waals surface area contributed by atoms with E-state index in [2.05, 4.69) is 10.3 Å². The Hall–Kier alpha value is -2.41. The lowest BCUT2D eigenvalue weighted by atomic mass is 10.1. The first-order valence-corrected chi connectivity index (χ1v) is 9.90. The van der Waals surface area contributed by atoms with Gasteiger partial charge in [-0.2, -0.15) is 0 Å². The van der Waals surface area contributed by atoms with Gasteiger partial charge in [-0.05, 0) is 48.9 Å². The number of hydrogen-bond donors (Lipinski definition) is 1. The van der Waals surface area contributed by atoms with Crippen LogP contribution < -0.4 is 10.1 Å². The number of halogens is 2. The lowest BCUT2D eigenvalue weighted by Gasteiger charge is -2.06. The summed E-state index contributed by atoms with van der Waals surface area (Å²) in [5.41, 5.74) is 1.53. The molecule has 0 bridgehead atoms. The van der Waals surface area contributed by atoms with Crippen molar-refractivity contribution in [3.63, 3.8) is 0 Å². The van der Waals surface area contributed by atoms with Crippen molar-refractivity contribution in [1.82, 2.24) is 4.98 Å². The zero-order valence-corrected chi connectivity index (χ0v) is 17.2. The van der Waals surface area contributed by atoms with Crippen molar-refractivity contribution in [1.29, 1.82) is 0 Å². The van der Waals surface area contributed by atoms with Crippen LogP contribution in [0.25, 0.3) is 0 Å². The quantitative estimate of drug-likeness (QED) is 0.514. The Morgan fingerprint density at radius 1 is 1.14 bits per heavy atom. The van der Waals surface area contributed by atoms with E-state index in [-0.39, 0.29) is 18.3 Å². The summed E-state index contributed by atoms with van der Waals surface area (Å²) < 4.78 is 5.43. The molecule has 144 valence electrons. The van der Waals surface area contributed by atoms with Crippen molar-refractivity contribution >= 4 is 51.4 Å². The summed E-state index contributed by atoms with van der Waals surface area (Å²) in [5, 5.41) is 4.37. The highest BCUT2D eigenvalue weighted by molar-refractivity contribution is 7.15. The second kappa shape index (κ2) is 9.19. The Balaban J connectivity index is 1.52. The van der Waals surface area contributed by atoms with Gasteiger partial charge in [0.2, 0.25) is 0 Å². The van der Waals surface area contributed by atoms with Crippen LogP contribution in [-0.4, -0.2) is 23.3 Å². The molecule has 0 saturated heterocycles. The standard InChI is InChI=1S/C20H16Cl2N2O3S/c1-12(25)13-3-6-16(7-4-13)27-11-19(26)24-20-23-10-17(28-20)8-14-2-5-15(21)9-18(14)22/h2-7,9-10H,8,11H2,1H3,(H,23,24,26). The van der Waals surface area contributed by atoms with Gasteiger partial charge in [0.05, 0.1) is 0 Å². The number of aromatic nitrogens is 1. The third-order valence-electron chi connectivity index (χ3n) is 3.81. The first-order valence-electron chi connectivity index (χ1n) is 8.33. The van der Waals surface area contributed by atoms with Crippen LogP contribution >= 0.6 is 34.5 Å². The van der Waals surface area contributed by atoms with Gasteiger partial charge in [-0.1, -0.05) is 29.3 Å². The molecule has 1 heterocycles. The van der Waals surface area contributed by atoms with E-state index in [0.29, 0.717) is 32.9 Å². The molecule has 3 rings (SSSR count). The molecule has 0 radical (unpaired) electrons. The third-order valence-corrected chi connectivity index (χ3v) is 5.31. The summed E-state index contributed by atoms with van der Waals surface area (Å²) in [4.78, 5) is 28.5. The first-order chi connectivity index (χ1) is 13.4. The van der Waals surface area contributed by atoms with Crippen molar-refractivity contribution in [3.05, 3.63) is 74.7 Å². The van der Waals surface area contributed by atoms with Gasteiger partial charge in [0.1, 0.15) is 5.75 Å². The van der Waals surface area contributed by atoms with Crippen molar-refractivity contribution in [2.75, 3.05) is 11.9 Å². The fraction of sp³-hybridized carbons (Fsp3) is 0.150. The topological polar surface area (TPSA) is 68.3 Å². The lowest BCUT2D eigenvalue weighted by Crippen LogP contribution is -2.20. The maximum atomic E-state index is 12.1. The Labute approximate surface area is 176 Å². The largest absolute Gasteiger partial charge is 0.484 e. The van der Waals surface area contributed by atoms with Gasteiger partial charge in [-0.3, -0.25) is 14.9 Å². The second-order valence-corrected chi connectivity index (χ2v) is 7.92. The number of carbonyl (C=O) groups excluding carboxylic acids is 2. The number of hydrogen-bond acceptors (Lipinski definition) is 5. The monoisotopic (exact) mass is 434 g/mol. The average molecular weight is 435 g/mol. The molecule has 0 aliphatic carbocycles. The zero-order chi connectivity index (χ0) is 20.1. The molecular formula is C20H16Cl2N2O3S. The summed E-state index contributed by atoms with van der Waals surface area (Å²) >= 11 is 13.5. The minimum Gasteiger partial charge on any atom is -0.484 e. The van der Waals surface area contributed by atoms with Crippen LogP contribution in [0.5, 0.6) is 5.75 Å². The SMILES string of the molecule is CC(=O)c1ccc(OCC(=O)Nc2ncc(Cc3ccc(Cl)cc3Cl)s2)cc1. The molecule has 0 unspecified atom stereocenters. The summed E-state index contributed by atoms with van der Waals surface area (Å²) in [6.07, 6.45) is 2.30. The molecule has 0 atom stereocenters. The van der Waals surface area contributed by atoms with Crippen LogP contribution in [0.4, 0.5) is 5.13 Å². The molecule has 0 aliphatic heterocycles. The smallest absolute Gasteiger partial charge is 0.264 e. The Kier molecular flexibility index (Phi) is 6.67. The molecule has 0 aliphatic rings. The van der Waals surface area contributed by atoms with Crippen molar-refractivity contribution < 1.29 is 14.3 Å². The summed E-state index contributed by atoms with van der Waals surface area (Å²) in [6, 6.07) is 12.0. The van der Waals surface area contributed by atoms with E-state index in [1.807, 2.05) is 6.07 Å². The number of carbonyl (C=O) groups is 2. The van der Waals surface area contributed by atoms with Gasteiger partial charge in [0.25, 0.3) is 5.91 Å². The summed E-state index contributed by atoms with van der Waals surface area (Å²) in [5.74, 6) is 0.169. The molecule has 28 heavy (non-hydrogen) atoms. The van der Waals surface area contributed by atoms with Gasteiger partial charge in [-0.15, -0.1) is 11.3 Å². The molecule has 0 spiro atoms. The minimum atomic E-state index is -0.318. The number of benzene rings is 2. The molecule has 1 amide bonds. The van der Waals surface area contributed by atoms with Crippen molar-refractivity contribution in [2.24, 2.45) is 0 Å². The second-order valence-electron chi connectivity index (χ2n) is 5.96. The van der Waals surface area contributed by atoms with Crippen LogP contribution in [0.1, 0.15) is 27.7 Å². The van der Waals surface area contributed by atoms with E-state index < -0.39 is 0 Å². The van der Waals surface area contributed by atoms with Crippen LogP contribution in [0.3, 0.4) is 0 Å². The number of thiazole rings is 1. The molecular weight excluding hydrogens is 419 g/mol. The molecule has 1 aromatic heterocycles. The van der Waals surface area contributed by atoms with Crippen LogP contribution in [0.15, 0.2) is 48.7 Å². The molecule has 0 fully saturated rings. The molecule has 5 nitrogen and oxygen atoms in total. The molecule has 8 heteroatoms. The predicted molar refractivity (Wildman–Crippen MR) is 112 cm³/mol. The van der Waals surface area contributed by atoms with E-state index in [9.17, 15) is 9.59 Å². The van der Waals surface area contributed by atoms with Crippen molar-refractivity contribution in [2.45, 2.75) is 13.3 Å². The lowest BCUT2D eigenvalue weighted by molar-refractivity contribution is -0.118. The highest BCUT2D eigenvalue weighted by Crippen LogP contribution is 2.26. The fourth-order valence-electron chi connectivity index (χ4n) is 2.39. The summed E-state index contributed by atoms with van der Waals surface area (Å²) in [6.45, 7) is 1.34. The number of ketones is 1. The van der Waals surface area contributed by atoms with Crippen molar-refractivity contribution in [3.8, 4) is 5.75 Å². The van der Waals surface area contributed by atoms with Gasteiger partial charge in [0, 0.05) is 33.1 Å². The van der Waals surface area contributed by atoms with E-state index in [1.54, 1.807) is 42.6 Å². The number of Topliss-reactive ketones (excluding diaryl/α,β-unsaturated/α-hetero) is 1. The Morgan fingerprint density at radius 3 is 2.57 bits per heavy atom.